The van der Waals surface area contributed by atoms with Crippen LogP contribution in [0.5, 0.6) is 5.75 Å². The largest absolute Gasteiger partial charge is 0.493 e. The Hall–Kier alpha value is -2.28. The Kier molecular flexibility index (Phi) is 7.75. The molecule has 29 heavy (non-hydrogen) atoms. The van der Waals surface area contributed by atoms with Crippen molar-refractivity contribution in [3.8, 4) is 5.75 Å². The van der Waals surface area contributed by atoms with Gasteiger partial charge in [-0.2, -0.15) is 0 Å². The fourth-order valence-electron chi connectivity index (χ4n) is 4.10. The van der Waals surface area contributed by atoms with E-state index < -0.39 is 0 Å². The first-order valence-corrected chi connectivity index (χ1v) is 10.7. The molecule has 2 aliphatic heterocycles. The zero-order valence-electron chi connectivity index (χ0n) is 18.0. The first-order chi connectivity index (χ1) is 14.1. The minimum Gasteiger partial charge on any atom is -0.493 e. The summed E-state index contributed by atoms with van der Waals surface area (Å²) >= 11 is 0. The number of fused-ring (bicyclic) bond motifs is 1. The molecular weight excluding hydrogens is 366 g/mol. The maximum absolute atomic E-state index is 12.3. The summed E-state index contributed by atoms with van der Waals surface area (Å²) in [6.45, 7) is 4.43. The van der Waals surface area contributed by atoms with Gasteiger partial charge in [-0.15, -0.1) is 0 Å². The molecule has 1 atom stereocenters. The van der Waals surface area contributed by atoms with Gasteiger partial charge in [-0.3, -0.25) is 14.7 Å². The number of nitrogens with zero attached hydrogens (tertiary/aromatic N) is 3. The quantitative estimate of drug-likeness (QED) is 0.390. The van der Waals surface area contributed by atoms with Crippen LogP contribution >= 0.6 is 0 Å². The molecule has 1 aromatic rings. The Balaban J connectivity index is 1.34. The number of aliphatic imine (C=N–C) groups is 1. The second kappa shape index (κ2) is 10.5. The Morgan fingerprint density at radius 2 is 2.14 bits per heavy atom. The number of hydrogen-bond donors (Lipinski definition) is 2. The molecule has 160 valence electrons. The summed E-state index contributed by atoms with van der Waals surface area (Å²) in [7, 11) is 5.48. The van der Waals surface area contributed by atoms with Crippen LogP contribution in [0.4, 0.5) is 0 Å². The van der Waals surface area contributed by atoms with Crippen molar-refractivity contribution in [1.29, 1.82) is 0 Å². The predicted molar refractivity (Wildman–Crippen MR) is 117 cm³/mol. The number of rotatable bonds is 8. The van der Waals surface area contributed by atoms with Crippen molar-refractivity contribution in [2.45, 2.75) is 38.1 Å². The van der Waals surface area contributed by atoms with Gasteiger partial charge in [-0.25, -0.2) is 0 Å². The van der Waals surface area contributed by atoms with Gasteiger partial charge in [-0.05, 0) is 49.4 Å². The Morgan fingerprint density at radius 1 is 1.31 bits per heavy atom. The number of carbonyl (C=O) groups is 1. The number of carbonyl (C=O) groups excluding carboxylic acids is 1. The van der Waals surface area contributed by atoms with Crippen LogP contribution in [-0.4, -0.2) is 81.6 Å². The smallest absolute Gasteiger partial charge is 0.239 e. The first-order valence-electron chi connectivity index (χ1n) is 10.7. The molecule has 0 bridgehead atoms. The molecule has 1 saturated heterocycles. The van der Waals surface area contributed by atoms with Gasteiger partial charge < -0.3 is 20.3 Å². The van der Waals surface area contributed by atoms with Gasteiger partial charge >= 0.3 is 0 Å². The normalized spacial score (nSPS) is 19.0. The van der Waals surface area contributed by atoms with Crippen molar-refractivity contribution >= 4 is 11.9 Å². The van der Waals surface area contributed by atoms with Crippen LogP contribution in [0.25, 0.3) is 0 Å². The van der Waals surface area contributed by atoms with E-state index in [2.05, 4.69) is 38.7 Å². The number of benzene rings is 1. The lowest BCUT2D eigenvalue weighted by molar-refractivity contribution is -0.133. The average Bonchev–Trinajstić information content (AvgIpc) is 3.37. The zero-order valence-corrected chi connectivity index (χ0v) is 18.0. The average molecular weight is 402 g/mol. The molecule has 2 aliphatic rings. The van der Waals surface area contributed by atoms with Crippen LogP contribution in [0.1, 0.15) is 30.4 Å². The molecule has 0 aliphatic carbocycles. The van der Waals surface area contributed by atoms with Gasteiger partial charge in [0.1, 0.15) is 5.75 Å². The summed E-state index contributed by atoms with van der Waals surface area (Å²) in [6.07, 6.45) is 5.04. The van der Waals surface area contributed by atoms with Crippen LogP contribution in [0.15, 0.2) is 23.2 Å². The Morgan fingerprint density at radius 3 is 2.93 bits per heavy atom. The highest BCUT2D eigenvalue weighted by Crippen LogP contribution is 2.25. The van der Waals surface area contributed by atoms with E-state index >= 15 is 0 Å². The molecule has 1 amide bonds. The number of guanidine groups is 1. The van der Waals surface area contributed by atoms with Crippen LogP contribution in [-0.2, 0) is 17.6 Å². The van der Waals surface area contributed by atoms with Gasteiger partial charge in [-0.1, -0.05) is 12.1 Å². The van der Waals surface area contributed by atoms with Gasteiger partial charge in [0.2, 0.25) is 5.91 Å². The molecule has 7 nitrogen and oxygen atoms in total. The van der Waals surface area contributed by atoms with E-state index in [1.165, 1.54) is 11.1 Å². The van der Waals surface area contributed by atoms with Crippen molar-refractivity contribution in [2.24, 2.45) is 4.99 Å². The van der Waals surface area contributed by atoms with Crippen molar-refractivity contribution < 1.29 is 9.53 Å². The van der Waals surface area contributed by atoms with Crippen LogP contribution in [0, 0.1) is 0 Å². The van der Waals surface area contributed by atoms with E-state index in [1.54, 1.807) is 11.9 Å². The maximum atomic E-state index is 12.3. The zero-order chi connectivity index (χ0) is 20.6. The number of likely N-dealkylation sites (tertiary alicyclic amines) is 1. The molecule has 0 radical (unpaired) electrons. The SMILES string of the molecule is CN=C(NCCCN1CCCC1C(=O)N(C)C)NCCc1ccc2c(c1)CCO2. The highest BCUT2D eigenvalue weighted by atomic mass is 16.5. The van der Waals surface area contributed by atoms with Gasteiger partial charge in [0.25, 0.3) is 0 Å². The number of nitrogens with one attached hydrogen (secondary N) is 2. The van der Waals surface area contributed by atoms with E-state index in [0.717, 1.165) is 76.6 Å². The molecule has 1 fully saturated rings. The van der Waals surface area contributed by atoms with Crippen molar-refractivity contribution in [3.63, 3.8) is 0 Å². The summed E-state index contributed by atoms with van der Waals surface area (Å²) in [5.41, 5.74) is 2.64. The fraction of sp³-hybridized carbons (Fsp3) is 0.636. The predicted octanol–water partition coefficient (Wildman–Crippen LogP) is 1.27. The topological polar surface area (TPSA) is 69.2 Å². The molecule has 2 N–H and O–H groups in total. The standard InChI is InChI=1S/C22H35N5O2/c1-23-22(25-12-9-17-7-8-20-18(16-17)10-15-29-20)24-11-5-14-27-13-4-6-19(27)21(28)26(2)3/h7-8,16,19H,4-6,9-15H2,1-3H3,(H2,23,24,25). The van der Waals surface area contributed by atoms with Crippen LogP contribution < -0.4 is 15.4 Å². The lowest BCUT2D eigenvalue weighted by atomic mass is 10.1. The van der Waals surface area contributed by atoms with Crippen molar-refractivity contribution in [3.05, 3.63) is 29.3 Å². The third-order valence-electron chi connectivity index (χ3n) is 5.69. The lowest BCUT2D eigenvalue weighted by Gasteiger charge is -2.26. The van der Waals surface area contributed by atoms with Gasteiger partial charge in [0, 0.05) is 47.2 Å². The van der Waals surface area contributed by atoms with Crippen molar-refractivity contribution in [2.75, 3.05) is 53.9 Å². The third kappa shape index (κ3) is 5.85. The lowest BCUT2D eigenvalue weighted by Crippen LogP contribution is -2.44. The molecular formula is C22H35N5O2. The number of ether oxygens (including phenoxy) is 1. The fourth-order valence-corrected chi connectivity index (χ4v) is 4.10. The van der Waals surface area contributed by atoms with Gasteiger partial charge in [0.15, 0.2) is 5.96 Å². The summed E-state index contributed by atoms with van der Waals surface area (Å²) < 4.78 is 5.57. The second-order valence-electron chi connectivity index (χ2n) is 8.00. The number of likely N-dealkylation sites (N-methyl/N-ethyl adjacent to an activating group) is 1. The minimum absolute atomic E-state index is 0.0557. The molecule has 3 rings (SSSR count). The Bertz CT molecular complexity index is 719. The molecule has 0 spiro atoms. The molecule has 7 heteroatoms. The minimum atomic E-state index is 0.0557. The first kappa shape index (κ1) is 21.4. The molecule has 1 unspecified atom stereocenters. The van der Waals surface area contributed by atoms with E-state index in [9.17, 15) is 4.79 Å². The second-order valence-corrected chi connectivity index (χ2v) is 8.00. The maximum Gasteiger partial charge on any atom is 0.239 e. The summed E-state index contributed by atoms with van der Waals surface area (Å²) in [5, 5.41) is 6.77. The van der Waals surface area contributed by atoms with E-state index in [4.69, 9.17) is 4.74 Å². The molecule has 1 aromatic carbocycles. The molecule has 2 heterocycles. The number of amides is 1. The highest BCUT2D eigenvalue weighted by molar-refractivity contribution is 5.81. The van der Waals surface area contributed by atoms with Crippen LogP contribution in [0.3, 0.4) is 0 Å². The van der Waals surface area contributed by atoms with E-state index in [0.29, 0.717) is 0 Å². The Labute approximate surface area is 174 Å². The number of hydrogen-bond acceptors (Lipinski definition) is 4. The highest BCUT2D eigenvalue weighted by Gasteiger charge is 2.30. The monoisotopic (exact) mass is 401 g/mol. The summed E-state index contributed by atoms with van der Waals surface area (Å²) in [6, 6.07) is 6.53. The van der Waals surface area contributed by atoms with Gasteiger partial charge in [0.05, 0.1) is 12.6 Å². The summed E-state index contributed by atoms with van der Waals surface area (Å²) in [5.74, 6) is 2.09. The van der Waals surface area contributed by atoms with E-state index in [1.807, 2.05) is 14.1 Å². The van der Waals surface area contributed by atoms with E-state index in [-0.39, 0.29) is 11.9 Å². The van der Waals surface area contributed by atoms with Crippen LogP contribution in [0.2, 0.25) is 0 Å². The molecule has 0 saturated carbocycles. The molecule has 0 aromatic heterocycles. The third-order valence-corrected chi connectivity index (χ3v) is 5.69. The van der Waals surface area contributed by atoms with Crippen molar-refractivity contribution in [1.82, 2.24) is 20.4 Å². The summed E-state index contributed by atoms with van der Waals surface area (Å²) in [4.78, 5) is 20.6.